The van der Waals surface area contributed by atoms with Gasteiger partial charge in [0, 0.05) is 35.9 Å². The zero-order valence-corrected chi connectivity index (χ0v) is 27.4. The summed E-state index contributed by atoms with van der Waals surface area (Å²) in [6.45, 7) is 13.1. The maximum Gasteiger partial charge on any atom is 0.229 e. The van der Waals surface area contributed by atoms with E-state index in [9.17, 15) is 4.79 Å². The highest BCUT2D eigenvalue weighted by molar-refractivity contribution is 6.74. The van der Waals surface area contributed by atoms with Crippen LogP contribution in [0.3, 0.4) is 0 Å². The average molecular weight is 617 g/mol. The fourth-order valence-corrected chi connectivity index (χ4v) is 6.52. The second kappa shape index (κ2) is 11.7. The van der Waals surface area contributed by atoms with E-state index in [2.05, 4.69) is 83.0 Å². The molecule has 0 aliphatic heterocycles. The predicted molar refractivity (Wildman–Crippen MR) is 174 cm³/mol. The van der Waals surface area contributed by atoms with Gasteiger partial charge in [0.15, 0.2) is 8.32 Å². The predicted octanol–water partition coefficient (Wildman–Crippen LogP) is 7.43. The third-order valence-corrected chi connectivity index (χ3v) is 14.0. The van der Waals surface area contributed by atoms with Gasteiger partial charge in [-0.3, -0.25) is 4.79 Å². The van der Waals surface area contributed by atoms with Crippen molar-refractivity contribution in [1.29, 1.82) is 0 Å². The second-order valence-corrected chi connectivity index (χ2v) is 18.8. The van der Waals surface area contributed by atoms with Gasteiger partial charge < -0.3 is 19.0 Å². The van der Waals surface area contributed by atoms with Crippen molar-refractivity contribution in [2.45, 2.75) is 76.5 Å². The molecule has 2 saturated carbocycles. The standard InChI is InChI=1S/C33H41ClN6O2Si/c1-33(2,3)43(4,5)42-14-13-39(19-26-20-40-18-24(22-9-10-22)11-12-30(40)37-26)31-17-29(35-21-36-31)38-32(41)28-16-27(28)23-7-6-8-25(34)15-23/h6-8,11-12,15,17-18,20-22,27-28H,9-10,13-14,16,19H2,1-5H3,(H,35,36,38,41)/t27-,28+/m1/s1. The molecule has 3 heterocycles. The summed E-state index contributed by atoms with van der Waals surface area (Å²) in [5.74, 6) is 1.96. The Hall–Kier alpha value is -3.27. The number of anilines is 2. The number of amides is 1. The molecule has 3 aromatic heterocycles. The first-order valence-electron chi connectivity index (χ1n) is 15.2. The molecule has 4 aromatic rings. The van der Waals surface area contributed by atoms with E-state index in [0.717, 1.165) is 29.1 Å². The van der Waals surface area contributed by atoms with Gasteiger partial charge in [-0.15, -0.1) is 0 Å². The Balaban J connectivity index is 1.18. The van der Waals surface area contributed by atoms with Crippen LogP contribution in [0.1, 0.15) is 68.7 Å². The van der Waals surface area contributed by atoms with Crippen LogP contribution in [-0.2, 0) is 15.8 Å². The molecule has 0 radical (unpaired) electrons. The van der Waals surface area contributed by atoms with Gasteiger partial charge in [-0.2, -0.15) is 0 Å². The van der Waals surface area contributed by atoms with Gasteiger partial charge in [-0.05, 0) is 78.6 Å². The molecule has 1 aromatic carbocycles. The molecule has 0 saturated heterocycles. The van der Waals surface area contributed by atoms with Crippen LogP contribution in [0, 0.1) is 5.92 Å². The van der Waals surface area contributed by atoms with Crippen molar-refractivity contribution in [2.24, 2.45) is 5.92 Å². The third kappa shape index (κ3) is 6.95. The van der Waals surface area contributed by atoms with Gasteiger partial charge >= 0.3 is 0 Å². The van der Waals surface area contributed by atoms with Crippen molar-refractivity contribution in [2.75, 3.05) is 23.4 Å². The lowest BCUT2D eigenvalue weighted by Gasteiger charge is -2.37. The van der Waals surface area contributed by atoms with E-state index in [1.165, 1.54) is 24.7 Å². The number of hydrogen-bond acceptors (Lipinski definition) is 6. The summed E-state index contributed by atoms with van der Waals surface area (Å²) in [4.78, 5) is 29.2. The minimum Gasteiger partial charge on any atom is -0.415 e. The van der Waals surface area contributed by atoms with Gasteiger partial charge in [-0.1, -0.05) is 50.6 Å². The number of imidazole rings is 1. The lowest BCUT2D eigenvalue weighted by Crippen LogP contribution is -2.42. The second-order valence-electron chi connectivity index (χ2n) is 13.5. The number of benzene rings is 1. The number of nitrogens with one attached hydrogen (secondary N) is 1. The lowest BCUT2D eigenvalue weighted by atomic mass is 10.1. The van der Waals surface area contributed by atoms with Crippen molar-refractivity contribution in [3.8, 4) is 0 Å². The van der Waals surface area contributed by atoms with Crippen LogP contribution in [0.4, 0.5) is 11.6 Å². The molecular weight excluding hydrogens is 576 g/mol. The molecule has 2 aliphatic carbocycles. The zero-order chi connectivity index (χ0) is 30.4. The van der Waals surface area contributed by atoms with Gasteiger partial charge in [0.05, 0.1) is 18.8 Å². The summed E-state index contributed by atoms with van der Waals surface area (Å²) in [5.41, 5.74) is 4.36. The van der Waals surface area contributed by atoms with Crippen molar-refractivity contribution >= 4 is 43.1 Å². The summed E-state index contributed by atoms with van der Waals surface area (Å²) in [6.07, 6.45) is 9.17. The van der Waals surface area contributed by atoms with Crippen LogP contribution in [-0.4, -0.2) is 46.7 Å². The van der Waals surface area contributed by atoms with Crippen LogP contribution < -0.4 is 10.2 Å². The van der Waals surface area contributed by atoms with Crippen LogP contribution in [0.2, 0.25) is 23.2 Å². The number of fused-ring (bicyclic) bond motifs is 1. The summed E-state index contributed by atoms with van der Waals surface area (Å²) >= 11 is 6.17. The number of halogens is 1. The summed E-state index contributed by atoms with van der Waals surface area (Å²) in [6, 6.07) is 13.9. The normalized spacial score (nSPS) is 18.6. The number of hydrogen-bond donors (Lipinski definition) is 1. The molecule has 1 amide bonds. The van der Waals surface area contributed by atoms with Crippen molar-refractivity contribution in [3.63, 3.8) is 0 Å². The van der Waals surface area contributed by atoms with Crippen LogP contribution in [0.5, 0.6) is 0 Å². The number of rotatable bonds is 11. The highest BCUT2D eigenvalue weighted by Gasteiger charge is 2.44. The molecule has 0 unspecified atom stereocenters. The number of aromatic nitrogens is 4. The molecule has 2 aliphatic rings. The molecular formula is C33H41ClN6O2Si. The fraction of sp³-hybridized carbons (Fsp3) is 0.455. The maximum atomic E-state index is 13.1. The third-order valence-electron chi connectivity index (χ3n) is 9.19. The molecule has 2 fully saturated rings. The van der Waals surface area contributed by atoms with Crippen LogP contribution in [0.25, 0.3) is 5.65 Å². The van der Waals surface area contributed by atoms with E-state index in [1.54, 1.807) is 0 Å². The summed E-state index contributed by atoms with van der Waals surface area (Å²) in [7, 11) is -1.92. The van der Waals surface area contributed by atoms with E-state index in [4.69, 9.17) is 21.0 Å². The quantitative estimate of drug-likeness (QED) is 0.176. The number of pyridine rings is 1. The zero-order valence-electron chi connectivity index (χ0n) is 25.7. The van der Waals surface area contributed by atoms with Gasteiger partial charge in [0.1, 0.15) is 23.6 Å². The lowest BCUT2D eigenvalue weighted by molar-refractivity contribution is -0.117. The van der Waals surface area contributed by atoms with Gasteiger partial charge in [0.25, 0.3) is 0 Å². The van der Waals surface area contributed by atoms with Crippen molar-refractivity contribution < 1.29 is 9.22 Å². The summed E-state index contributed by atoms with van der Waals surface area (Å²) < 4.78 is 8.67. The Morgan fingerprint density at radius 3 is 2.67 bits per heavy atom. The fourth-order valence-electron chi connectivity index (χ4n) is 5.29. The molecule has 8 nitrogen and oxygen atoms in total. The van der Waals surface area contributed by atoms with E-state index < -0.39 is 8.32 Å². The van der Waals surface area contributed by atoms with E-state index in [-0.39, 0.29) is 22.8 Å². The highest BCUT2D eigenvalue weighted by Crippen LogP contribution is 2.48. The molecule has 2 atom stereocenters. The molecule has 6 rings (SSSR count). The minimum absolute atomic E-state index is 0.0331. The SMILES string of the molecule is CC(C)(C)[Si](C)(C)OCCN(Cc1cn2cc(C3CC3)ccc2n1)c1cc(NC(=O)[C@H]2C[C@@H]2c2cccc(Cl)c2)ncn1. The molecule has 226 valence electrons. The Morgan fingerprint density at radius 2 is 1.93 bits per heavy atom. The Labute approximate surface area is 260 Å². The monoisotopic (exact) mass is 616 g/mol. The largest absolute Gasteiger partial charge is 0.415 e. The number of carbonyl (C=O) groups excluding carboxylic acids is 1. The Bertz CT molecular complexity index is 1630. The minimum atomic E-state index is -1.92. The number of nitrogens with zero attached hydrogens (tertiary/aromatic N) is 5. The van der Waals surface area contributed by atoms with Gasteiger partial charge in [-0.25, -0.2) is 15.0 Å². The molecule has 0 spiro atoms. The molecule has 0 bridgehead atoms. The van der Waals surface area contributed by atoms with Gasteiger partial charge in [0.2, 0.25) is 5.91 Å². The van der Waals surface area contributed by atoms with E-state index in [0.29, 0.717) is 36.5 Å². The first-order valence-corrected chi connectivity index (χ1v) is 18.5. The molecule has 10 heteroatoms. The Kier molecular flexibility index (Phi) is 8.08. The Morgan fingerprint density at radius 1 is 1.12 bits per heavy atom. The topological polar surface area (TPSA) is 84.7 Å². The smallest absolute Gasteiger partial charge is 0.229 e. The van der Waals surface area contributed by atoms with Crippen LogP contribution >= 0.6 is 11.6 Å². The summed E-state index contributed by atoms with van der Waals surface area (Å²) in [5, 5.41) is 3.84. The first kappa shape index (κ1) is 29.8. The van der Waals surface area contributed by atoms with E-state index >= 15 is 0 Å². The average Bonchev–Trinajstić information content (AvgIpc) is 3.88. The molecule has 1 N–H and O–H groups in total. The molecule has 43 heavy (non-hydrogen) atoms. The first-order chi connectivity index (χ1) is 20.5. The maximum absolute atomic E-state index is 13.1. The highest BCUT2D eigenvalue weighted by atomic mass is 35.5. The number of carbonyl (C=O) groups is 1. The van der Waals surface area contributed by atoms with E-state index in [1.807, 2.05) is 30.3 Å². The van der Waals surface area contributed by atoms with Crippen LogP contribution in [0.15, 0.2) is 61.2 Å². The van der Waals surface area contributed by atoms with Crippen molar-refractivity contribution in [3.05, 3.63) is 83.0 Å². The van der Waals surface area contributed by atoms with Crippen molar-refractivity contribution in [1.82, 2.24) is 19.4 Å².